The van der Waals surface area contributed by atoms with Gasteiger partial charge in [0.1, 0.15) is 0 Å². The molecule has 7 aromatic carbocycles. The van der Waals surface area contributed by atoms with Crippen LogP contribution in [0.1, 0.15) is 107 Å². The maximum atomic E-state index is 5.56. The van der Waals surface area contributed by atoms with Gasteiger partial charge in [0.25, 0.3) is 0 Å². The van der Waals surface area contributed by atoms with Gasteiger partial charge in [-0.25, -0.2) is 0 Å². The average molecular weight is 1120 g/mol. The van der Waals surface area contributed by atoms with Gasteiger partial charge in [-0.1, -0.05) is 231 Å². The van der Waals surface area contributed by atoms with Crippen molar-refractivity contribution in [3.05, 3.63) is 222 Å². The molecule has 11 rings (SSSR count). The van der Waals surface area contributed by atoms with Crippen LogP contribution in [0.3, 0.4) is 0 Å². The summed E-state index contributed by atoms with van der Waals surface area (Å²) in [6.07, 6.45) is 6.13. The van der Waals surface area contributed by atoms with E-state index in [0.29, 0.717) is 23.7 Å². The Morgan fingerprint density at radius 1 is 0.529 bits per heavy atom. The Morgan fingerprint density at radius 2 is 1.00 bits per heavy atom. The van der Waals surface area contributed by atoms with Gasteiger partial charge in [-0.05, 0) is 73.1 Å². The van der Waals surface area contributed by atoms with Crippen LogP contribution < -0.4 is 30.4 Å². The monoisotopic (exact) mass is 1110 g/mol. The maximum Gasteiger partial charge on any atom is 0.244 e. The third-order valence-electron chi connectivity index (χ3n) is 13.9. The second-order valence-electron chi connectivity index (χ2n) is 19.6. The molecule has 0 bridgehead atoms. The first-order valence-corrected chi connectivity index (χ1v) is 26.6. The van der Waals surface area contributed by atoms with E-state index in [0.717, 1.165) is 50.7 Å². The Kier molecular flexibility index (Phi) is 14.1. The number of nitrogens with zero attached hydrogens (tertiary/aromatic N) is 6. The molecule has 11 aromatic rings. The third-order valence-corrected chi connectivity index (χ3v) is 18.5. The first-order chi connectivity index (χ1) is 33.6. The van der Waals surface area contributed by atoms with Gasteiger partial charge in [0.15, 0.2) is 0 Å². The molecular formula is C62H61AuN6Si-. The SMILES string of the molecule is CC(C)c1cccc(C(C)C)c1Cn1[c-][n+](-c2c(C(C)C)cccc2C(C)C)c2cnc([Si](c3ccccc3)(c3ccccc3)c3ccccc3)cc21.[Au].c1ccc2c(c1)nc1[n-]c3ccccc3n12. The normalized spacial score (nSPS) is 11.9. The topological polar surface area (TPSA) is 53.1 Å². The van der Waals surface area contributed by atoms with Crippen molar-refractivity contribution in [2.24, 2.45) is 0 Å². The van der Waals surface area contributed by atoms with Crippen molar-refractivity contribution in [2.45, 2.75) is 85.6 Å². The van der Waals surface area contributed by atoms with Crippen LogP contribution in [0.15, 0.2) is 188 Å². The molecule has 4 heterocycles. The summed E-state index contributed by atoms with van der Waals surface area (Å²) in [5, 5.41) is 5.08. The van der Waals surface area contributed by atoms with Crippen LogP contribution in [0.4, 0.5) is 0 Å². The number of pyridine rings is 1. The number of rotatable bonds is 11. The summed E-state index contributed by atoms with van der Waals surface area (Å²) in [6.45, 7) is 19.2. The van der Waals surface area contributed by atoms with E-state index in [1.165, 1.54) is 49.1 Å². The van der Waals surface area contributed by atoms with Crippen molar-refractivity contribution in [2.75, 3.05) is 0 Å². The Hall–Kier alpha value is -6.61. The van der Waals surface area contributed by atoms with E-state index in [-0.39, 0.29) is 22.4 Å². The van der Waals surface area contributed by atoms with Crippen molar-refractivity contribution >= 4 is 67.8 Å². The summed E-state index contributed by atoms with van der Waals surface area (Å²) in [6, 6.07) is 65.6. The van der Waals surface area contributed by atoms with E-state index >= 15 is 0 Å². The molecule has 0 saturated carbocycles. The fourth-order valence-corrected chi connectivity index (χ4v) is 15.1. The molecule has 4 aromatic heterocycles. The predicted octanol–water partition coefficient (Wildman–Crippen LogP) is 11.6. The molecule has 0 spiro atoms. The van der Waals surface area contributed by atoms with E-state index < -0.39 is 8.07 Å². The largest absolute Gasteiger partial charge is 0.366 e. The van der Waals surface area contributed by atoms with Crippen LogP contribution in [-0.4, -0.2) is 27.0 Å². The van der Waals surface area contributed by atoms with Crippen molar-refractivity contribution in [3.8, 4) is 5.69 Å². The maximum absolute atomic E-state index is 5.56. The molecule has 0 aliphatic carbocycles. The number of fused-ring (bicyclic) bond motifs is 6. The average Bonchev–Trinajstić information content (AvgIpc) is 4.05. The molecule has 8 heteroatoms. The zero-order valence-corrected chi connectivity index (χ0v) is 44.6. The first kappa shape index (κ1) is 48.4. The molecule has 0 aliphatic heterocycles. The molecule has 0 fully saturated rings. The smallest absolute Gasteiger partial charge is 0.244 e. The van der Waals surface area contributed by atoms with Crippen LogP contribution in [0.25, 0.3) is 44.6 Å². The number of para-hydroxylation sites is 5. The van der Waals surface area contributed by atoms with Gasteiger partial charge >= 0.3 is 0 Å². The molecule has 70 heavy (non-hydrogen) atoms. The molecule has 0 unspecified atom stereocenters. The van der Waals surface area contributed by atoms with Crippen molar-refractivity contribution in [1.82, 2.24) is 23.9 Å². The molecule has 0 atom stereocenters. The zero-order valence-electron chi connectivity index (χ0n) is 41.4. The van der Waals surface area contributed by atoms with E-state index in [1.54, 1.807) is 0 Å². The Bertz CT molecular complexity index is 3340. The first-order valence-electron chi connectivity index (χ1n) is 24.6. The summed E-state index contributed by atoms with van der Waals surface area (Å²) >= 11 is 0. The molecule has 355 valence electrons. The van der Waals surface area contributed by atoms with Gasteiger partial charge in [0.2, 0.25) is 14.4 Å². The summed E-state index contributed by atoms with van der Waals surface area (Å²) in [5.41, 5.74) is 14.5. The Balaban J connectivity index is 0.000000298. The fourth-order valence-electron chi connectivity index (χ4n) is 10.6. The molecule has 6 nitrogen and oxygen atoms in total. The molecule has 0 aliphatic rings. The second kappa shape index (κ2) is 20.4. The number of aromatic nitrogens is 6. The third kappa shape index (κ3) is 8.70. The summed E-state index contributed by atoms with van der Waals surface area (Å²) < 4.78 is 6.83. The van der Waals surface area contributed by atoms with E-state index in [2.05, 4.69) is 237 Å². The van der Waals surface area contributed by atoms with Gasteiger partial charge in [-0.15, -0.1) is 0 Å². The summed E-state index contributed by atoms with van der Waals surface area (Å²) in [5.74, 6) is 2.27. The summed E-state index contributed by atoms with van der Waals surface area (Å²) in [7, 11) is -2.86. The molecule has 0 amide bonds. The van der Waals surface area contributed by atoms with Gasteiger partial charge < -0.3 is 23.5 Å². The van der Waals surface area contributed by atoms with Gasteiger partial charge in [-0.2, -0.15) is 0 Å². The molecular weight excluding hydrogens is 1050 g/mol. The number of hydrogen-bond acceptors (Lipinski definition) is 2. The number of imidazole rings is 3. The van der Waals surface area contributed by atoms with Crippen molar-refractivity contribution in [1.29, 1.82) is 0 Å². The van der Waals surface area contributed by atoms with E-state index in [4.69, 9.17) is 4.98 Å². The minimum Gasteiger partial charge on any atom is -0.366 e. The van der Waals surface area contributed by atoms with Crippen LogP contribution in [0.2, 0.25) is 0 Å². The summed E-state index contributed by atoms with van der Waals surface area (Å²) in [4.78, 5) is 14.6. The van der Waals surface area contributed by atoms with E-state index in [9.17, 15) is 0 Å². The van der Waals surface area contributed by atoms with Gasteiger partial charge in [-0.3, -0.25) is 4.98 Å². The predicted molar refractivity (Wildman–Crippen MR) is 289 cm³/mol. The van der Waals surface area contributed by atoms with Crippen LogP contribution in [0, 0.1) is 6.33 Å². The molecule has 0 saturated heterocycles. The van der Waals surface area contributed by atoms with Crippen molar-refractivity contribution in [3.63, 3.8) is 0 Å². The minimum absolute atomic E-state index is 0. The quantitative estimate of drug-likeness (QED) is 0.0561. The van der Waals surface area contributed by atoms with Crippen LogP contribution in [-0.2, 0) is 28.9 Å². The van der Waals surface area contributed by atoms with Gasteiger partial charge in [0, 0.05) is 61.7 Å². The molecule has 0 N–H and O–H groups in total. The minimum atomic E-state index is -2.86. The number of benzene rings is 7. The number of hydrogen-bond donors (Lipinski definition) is 0. The Labute approximate surface area is 429 Å². The van der Waals surface area contributed by atoms with Crippen LogP contribution in [0.5, 0.6) is 0 Å². The Morgan fingerprint density at radius 3 is 1.53 bits per heavy atom. The second-order valence-corrected chi connectivity index (χ2v) is 23.3. The van der Waals surface area contributed by atoms with Crippen LogP contribution >= 0.6 is 0 Å². The molecule has 1 radical (unpaired) electrons. The standard InChI is InChI=1S/C49H53N3Si.C13H8N3.Au/c1-34(2)41-26-18-27-42(35(3)4)45(41)32-51-33-52(49-43(36(5)6)28-19-29-44(49)37(7)8)47-31-50-48(30-46(47)51)53(38-20-12-9-13-21-38,39-22-14-10-15-23-39)40-24-16-11-17-25-40;1-3-7-11-9(5-1)14-13-15-10-6-2-4-8-12(10)16(11)13;/h9-31,34-37H,32H2,1-8H3;1-8H;/q;-1;. The fraction of sp³-hybridized carbons (Fsp3) is 0.210. The van der Waals surface area contributed by atoms with Gasteiger partial charge in [0.05, 0.1) is 23.3 Å². The van der Waals surface area contributed by atoms with E-state index in [1.807, 2.05) is 36.4 Å². The van der Waals surface area contributed by atoms with Crippen molar-refractivity contribution < 1.29 is 26.9 Å². The zero-order chi connectivity index (χ0) is 47.8.